The van der Waals surface area contributed by atoms with Gasteiger partial charge < -0.3 is 19.4 Å². The van der Waals surface area contributed by atoms with Crippen molar-refractivity contribution in [3.63, 3.8) is 0 Å². The summed E-state index contributed by atoms with van der Waals surface area (Å²) in [7, 11) is 3.44. The van der Waals surface area contributed by atoms with E-state index in [0.717, 1.165) is 22.2 Å². The van der Waals surface area contributed by atoms with Gasteiger partial charge in [0.25, 0.3) is 5.91 Å². The zero-order valence-corrected chi connectivity index (χ0v) is 20.8. The first-order valence-corrected chi connectivity index (χ1v) is 11.9. The van der Waals surface area contributed by atoms with Crippen LogP contribution < -0.4 is 14.8 Å². The average molecular weight is 499 g/mol. The molecule has 0 aliphatic heterocycles. The number of amides is 1. The molecular formula is C29H27FN4O3. The van der Waals surface area contributed by atoms with Gasteiger partial charge >= 0.3 is 0 Å². The van der Waals surface area contributed by atoms with Crippen LogP contribution in [0.5, 0.6) is 11.5 Å². The van der Waals surface area contributed by atoms with E-state index in [4.69, 9.17) is 9.47 Å². The first-order valence-electron chi connectivity index (χ1n) is 11.9. The van der Waals surface area contributed by atoms with Gasteiger partial charge in [-0.3, -0.25) is 4.79 Å². The third-order valence-electron chi connectivity index (χ3n) is 6.29. The van der Waals surface area contributed by atoms with E-state index in [-0.39, 0.29) is 17.8 Å². The van der Waals surface area contributed by atoms with Crippen LogP contribution in [0.1, 0.15) is 29.1 Å². The Balaban J connectivity index is 1.45. The van der Waals surface area contributed by atoms with Crippen LogP contribution in [0.2, 0.25) is 0 Å². The van der Waals surface area contributed by atoms with Crippen molar-refractivity contribution in [3.05, 3.63) is 108 Å². The summed E-state index contributed by atoms with van der Waals surface area (Å²) >= 11 is 0. The Morgan fingerprint density at radius 2 is 1.81 bits per heavy atom. The minimum atomic E-state index is -0.496. The molecule has 0 fully saturated rings. The Morgan fingerprint density at radius 1 is 1.00 bits per heavy atom. The minimum absolute atomic E-state index is 0.187. The van der Waals surface area contributed by atoms with Crippen LogP contribution in [0.25, 0.3) is 16.6 Å². The molecule has 0 unspecified atom stereocenters. The quantitative estimate of drug-likeness (QED) is 0.309. The highest BCUT2D eigenvalue weighted by Gasteiger charge is 2.25. The molecule has 2 heterocycles. The lowest BCUT2D eigenvalue weighted by atomic mass is 10.0. The lowest BCUT2D eigenvalue weighted by Gasteiger charge is -2.27. The van der Waals surface area contributed by atoms with Gasteiger partial charge in [-0.2, -0.15) is 5.10 Å². The molecule has 3 aromatic carbocycles. The Morgan fingerprint density at radius 3 is 2.54 bits per heavy atom. The maximum Gasteiger partial charge on any atom is 0.268 e. The molecule has 0 aliphatic rings. The highest BCUT2D eigenvalue weighted by atomic mass is 19.1. The van der Waals surface area contributed by atoms with Crippen LogP contribution in [-0.4, -0.2) is 33.4 Å². The minimum Gasteiger partial charge on any atom is -0.497 e. The van der Waals surface area contributed by atoms with Gasteiger partial charge in [0.15, 0.2) is 0 Å². The molecule has 2 aromatic heterocycles. The van der Waals surface area contributed by atoms with Gasteiger partial charge in [-0.15, -0.1) is 0 Å². The molecule has 188 valence electrons. The fourth-order valence-electron chi connectivity index (χ4n) is 4.35. The van der Waals surface area contributed by atoms with Crippen molar-refractivity contribution < 1.29 is 18.7 Å². The molecule has 2 atom stereocenters. The molecule has 1 amide bonds. The number of halogens is 1. The second kappa shape index (κ2) is 10.2. The normalized spacial score (nSPS) is 12.8. The smallest absolute Gasteiger partial charge is 0.268 e. The third-order valence-corrected chi connectivity index (χ3v) is 6.29. The zero-order chi connectivity index (χ0) is 25.9. The monoisotopic (exact) mass is 498 g/mol. The third kappa shape index (κ3) is 5.04. The fraction of sp³-hybridized carbons (Fsp3) is 0.172. The number of hydrogen-bond acceptors (Lipinski definition) is 4. The van der Waals surface area contributed by atoms with E-state index in [0.29, 0.717) is 17.2 Å². The topological polar surface area (TPSA) is 70.3 Å². The van der Waals surface area contributed by atoms with Crippen LogP contribution >= 0.6 is 0 Å². The van der Waals surface area contributed by atoms with E-state index in [1.54, 1.807) is 40.8 Å². The number of benzene rings is 3. The molecular weight excluding hydrogens is 471 g/mol. The molecule has 0 aliphatic carbocycles. The van der Waals surface area contributed by atoms with Gasteiger partial charge in [0.2, 0.25) is 0 Å². The van der Waals surface area contributed by atoms with Crippen LogP contribution in [0.4, 0.5) is 4.39 Å². The van der Waals surface area contributed by atoms with Crippen molar-refractivity contribution in [1.29, 1.82) is 0 Å². The molecule has 8 heteroatoms. The summed E-state index contributed by atoms with van der Waals surface area (Å²) in [5.74, 6) is 0.836. The van der Waals surface area contributed by atoms with Gasteiger partial charge in [-0.05, 0) is 79.2 Å². The molecule has 37 heavy (non-hydrogen) atoms. The van der Waals surface area contributed by atoms with E-state index in [1.807, 2.05) is 68.7 Å². The molecule has 5 aromatic rings. The van der Waals surface area contributed by atoms with Crippen molar-refractivity contribution in [3.8, 4) is 17.2 Å². The molecule has 0 saturated heterocycles. The van der Waals surface area contributed by atoms with Crippen molar-refractivity contribution in [1.82, 2.24) is 19.7 Å². The van der Waals surface area contributed by atoms with Crippen LogP contribution in [0, 0.1) is 5.82 Å². The average Bonchev–Trinajstić information content (AvgIpc) is 3.53. The van der Waals surface area contributed by atoms with Crippen LogP contribution in [-0.2, 0) is 7.05 Å². The van der Waals surface area contributed by atoms with E-state index in [2.05, 4.69) is 10.4 Å². The number of aromatic nitrogens is 3. The number of nitrogens with zero attached hydrogens (tertiary/aromatic N) is 3. The number of methoxy groups -OCH3 is 1. The Kier molecular flexibility index (Phi) is 6.64. The largest absolute Gasteiger partial charge is 0.497 e. The van der Waals surface area contributed by atoms with Gasteiger partial charge in [0.1, 0.15) is 29.1 Å². The zero-order valence-electron chi connectivity index (χ0n) is 20.8. The van der Waals surface area contributed by atoms with E-state index in [9.17, 15) is 9.18 Å². The number of nitrogens with one attached hydrogen (secondary N) is 1. The summed E-state index contributed by atoms with van der Waals surface area (Å²) in [5, 5.41) is 8.41. The van der Waals surface area contributed by atoms with Gasteiger partial charge in [-0.25, -0.2) is 9.07 Å². The number of hydrogen-bond donors (Lipinski definition) is 1. The molecule has 0 spiro atoms. The van der Waals surface area contributed by atoms with Crippen molar-refractivity contribution in [2.24, 2.45) is 7.05 Å². The Hall–Kier alpha value is -4.59. The Bertz CT molecular complexity index is 1540. The number of carbonyl (C=O) groups excluding carboxylic acids is 1. The summed E-state index contributed by atoms with van der Waals surface area (Å²) in [6, 6.07) is 22.7. The number of rotatable bonds is 8. The highest BCUT2D eigenvalue weighted by molar-refractivity contribution is 5.93. The second-order valence-electron chi connectivity index (χ2n) is 8.83. The number of carbonyl (C=O) groups is 1. The van der Waals surface area contributed by atoms with Gasteiger partial charge in [0.05, 0.1) is 30.6 Å². The maximum atomic E-state index is 13.4. The molecule has 0 bridgehead atoms. The fourth-order valence-corrected chi connectivity index (χ4v) is 4.35. The van der Waals surface area contributed by atoms with Crippen molar-refractivity contribution >= 4 is 16.8 Å². The summed E-state index contributed by atoms with van der Waals surface area (Å²) in [6.07, 6.45) is 3.08. The Labute approximate surface area is 214 Å². The summed E-state index contributed by atoms with van der Waals surface area (Å²) in [4.78, 5) is 12.9. The maximum absolute atomic E-state index is 13.4. The lowest BCUT2D eigenvalue weighted by Crippen LogP contribution is -2.39. The first-order chi connectivity index (χ1) is 17.9. The molecule has 7 nitrogen and oxygen atoms in total. The van der Waals surface area contributed by atoms with Crippen molar-refractivity contribution in [2.45, 2.75) is 19.1 Å². The molecule has 0 saturated carbocycles. The number of fused-ring (bicyclic) bond motifs is 1. The highest BCUT2D eigenvalue weighted by Crippen LogP contribution is 2.30. The van der Waals surface area contributed by atoms with E-state index >= 15 is 0 Å². The molecule has 0 radical (unpaired) electrons. The number of ether oxygens (including phenoxy) is 2. The summed E-state index contributed by atoms with van der Waals surface area (Å²) < 4.78 is 28.8. The van der Waals surface area contributed by atoms with Crippen molar-refractivity contribution in [2.75, 3.05) is 7.11 Å². The summed E-state index contributed by atoms with van der Waals surface area (Å²) in [6.45, 7) is 1.91. The van der Waals surface area contributed by atoms with Gasteiger partial charge in [-0.1, -0.05) is 12.1 Å². The predicted molar refractivity (Wildman–Crippen MR) is 140 cm³/mol. The van der Waals surface area contributed by atoms with E-state index in [1.165, 1.54) is 12.1 Å². The standard InChI is InChI=1S/C29H27FN4O3/c1-19(32-29(35)27-8-5-15-33(27)2)28(20-6-4-7-24(16-20)36-3)37-25-13-14-26-21(17-25)18-31-34(26)23-11-9-22(30)10-12-23/h4-19,28H,1-3H3,(H,32,35)/t19-,28-/m0/s1. The summed E-state index contributed by atoms with van der Waals surface area (Å²) in [5.41, 5.74) is 3.05. The second-order valence-corrected chi connectivity index (χ2v) is 8.83. The predicted octanol–water partition coefficient (Wildman–Crippen LogP) is 5.45. The number of aryl methyl sites for hydroxylation is 1. The molecule has 5 rings (SSSR count). The SMILES string of the molecule is COc1cccc([C@@H](Oc2ccc3c(cnn3-c3ccc(F)cc3)c2)[C@H](C)NC(=O)c2cccn2C)c1. The first kappa shape index (κ1) is 24.1. The van der Waals surface area contributed by atoms with E-state index < -0.39 is 6.10 Å². The van der Waals surface area contributed by atoms with Crippen LogP contribution in [0.3, 0.4) is 0 Å². The van der Waals surface area contributed by atoms with Crippen LogP contribution in [0.15, 0.2) is 91.3 Å². The molecule has 1 N–H and O–H groups in total. The lowest BCUT2D eigenvalue weighted by molar-refractivity contribution is 0.0874. The van der Waals surface area contributed by atoms with Gasteiger partial charge in [0, 0.05) is 18.6 Å².